The second kappa shape index (κ2) is 6.42. The highest BCUT2D eigenvalue weighted by Gasteiger charge is 2.06. The summed E-state index contributed by atoms with van der Waals surface area (Å²) >= 11 is 3.39. The van der Waals surface area contributed by atoms with Crippen LogP contribution in [0.25, 0.3) is 0 Å². The molecule has 1 amide bonds. The van der Waals surface area contributed by atoms with Crippen LogP contribution in [0.4, 0.5) is 5.69 Å². The van der Waals surface area contributed by atoms with Gasteiger partial charge >= 0.3 is 0 Å². The van der Waals surface area contributed by atoms with Crippen LogP contribution < -0.4 is 11.1 Å². The summed E-state index contributed by atoms with van der Waals surface area (Å²) in [6.45, 7) is 2.49. The molecule has 0 bridgehead atoms. The third-order valence-corrected chi connectivity index (χ3v) is 3.69. The van der Waals surface area contributed by atoms with E-state index in [2.05, 4.69) is 27.3 Å². The van der Waals surface area contributed by atoms with Gasteiger partial charge < -0.3 is 11.1 Å². The summed E-state index contributed by atoms with van der Waals surface area (Å²) in [4.78, 5) is 11.1. The first kappa shape index (κ1) is 15.1. The molecule has 2 rings (SSSR count). The van der Waals surface area contributed by atoms with Crippen molar-refractivity contribution in [3.05, 3.63) is 63.1 Å². The lowest BCUT2D eigenvalue weighted by atomic mass is 10.0. The van der Waals surface area contributed by atoms with Crippen molar-refractivity contribution in [1.82, 2.24) is 0 Å². The van der Waals surface area contributed by atoms with E-state index in [1.165, 1.54) is 0 Å². The Morgan fingerprint density at radius 2 is 2.10 bits per heavy atom. The van der Waals surface area contributed by atoms with Crippen LogP contribution in [0.1, 0.15) is 27.0 Å². The topological polar surface area (TPSA) is 78.9 Å². The van der Waals surface area contributed by atoms with Crippen LogP contribution in [0, 0.1) is 18.3 Å². The van der Waals surface area contributed by atoms with E-state index < -0.39 is 5.91 Å². The number of nitriles is 1. The fourth-order valence-electron chi connectivity index (χ4n) is 2.00. The van der Waals surface area contributed by atoms with Gasteiger partial charge in [0.15, 0.2) is 0 Å². The first-order valence-electron chi connectivity index (χ1n) is 6.34. The molecule has 0 aliphatic carbocycles. The maximum absolute atomic E-state index is 11.1. The molecule has 0 aliphatic rings. The minimum atomic E-state index is -0.434. The molecule has 5 heteroatoms. The molecule has 2 aromatic carbocycles. The van der Waals surface area contributed by atoms with Gasteiger partial charge in [-0.15, -0.1) is 0 Å². The summed E-state index contributed by atoms with van der Waals surface area (Å²) in [6, 6.07) is 13.0. The molecular weight excluding hydrogens is 330 g/mol. The maximum atomic E-state index is 11.1. The van der Waals surface area contributed by atoms with E-state index in [1.54, 1.807) is 18.2 Å². The maximum Gasteiger partial charge on any atom is 0.248 e. The first-order valence-corrected chi connectivity index (χ1v) is 7.13. The standard InChI is InChI=1S/C16H14BrN3O/c1-10-6-11(16(19)21)2-3-13(10)9-20-15-7-14(17)5-4-12(15)8-18/h2-7,20H,9H2,1H3,(H2,19,21). The summed E-state index contributed by atoms with van der Waals surface area (Å²) < 4.78 is 0.907. The van der Waals surface area contributed by atoms with E-state index in [-0.39, 0.29) is 0 Å². The van der Waals surface area contributed by atoms with E-state index in [4.69, 9.17) is 11.0 Å². The summed E-state index contributed by atoms with van der Waals surface area (Å²) in [7, 11) is 0. The van der Waals surface area contributed by atoms with Crippen LogP contribution in [-0.4, -0.2) is 5.91 Å². The molecule has 0 atom stereocenters. The van der Waals surface area contributed by atoms with Gasteiger partial charge in [-0.25, -0.2) is 0 Å². The summed E-state index contributed by atoms with van der Waals surface area (Å²) in [5.74, 6) is -0.434. The lowest BCUT2D eigenvalue weighted by Gasteiger charge is -2.11. The van der Waals surface area contributed by atoms with Gasteiger partial charge in [-0.05, 0) is 48.4 Å². The predicted octanol–water partition coefficient (Wildman–Crippen LogP) is 3.34. The zero-order chi connectivity index (χ0) is 15.4. The van der Waals surface area contributed by atoms with Gasteiger partial charge in [0.1, 0.15) is 6.07 Å². The number of anilines is 1. The Hall–Kier alpha value is -2.32. The van der Waals surface area contributed by atoms with Crippen LogP contribution in [0.15, 0.2) is 40.9 Å². The second-order valence-corrected chi connectivity index (χ2v) is 5.58. The number of hydrogen-bond acceptors (Lipinski definition) is 3. The third kappa shape index (κ3) is 3.61. The van der Waals surface area contributed by atoms with Crippen LogP contribution in [0.3, 0.4) is 0 Å². The highest BCUT2D eigenvalue weighted by Crippen LogP contribution is 2.22. The molecule has 3 N–H and O–H groups in total. The van der Waals surface area contributed by atoms with Gasteiger partial charge in [0.2, 0.25) is 5.91 Å². The highest BCUT2D eigenvalue weighted by molar-refractivity contribution is 9.10. The lowest BCUT2D eigenvalue weighted by molar-refractivity contribution is 0.1000. The molecule has 106 valence electrons. The monoisotopic (exact) mass is 343 g/mol. The van der Waals surface area contributed by atoms with Crippen molar-refractivity contribution >= 4 is 27.5 Å². The van der Waals surface area contributed by atoms with Crippen LogP contribution >= 0.6 is 15.9 Å². The van der Waals surface area contributed by atoms with Crippen molar-refractivity contribution in [3.63, 3.8) is 0 Å². The summed E-state index contributed by atoms with van der Waals surface area (Å²) in [6.07, 6.45) is 0. The van der Waals surface area contributed by atoms with Crippen molar-refractivity contribution in [2.75, 3.05) is 5.32 Å². The number of hydrogen-bond donors (Lipinski definition) is 2. The number of nitrogens with one attached hydrogen (secondary N) is 1. The SMILES string of the molecule is Cc1cc(C(N)=O)ccc1CNc1cc(Br)ccc1C#N. The van der Waals surface area contributed by atoms with Crippen molar-refractivity contribution in [1.29, 1.82) is 5.26 Å². The fourth-order valence-corrected chi connectivity index (χ4v) is 2.36. The van der Waals surface area contributed by atoms with E-state index >= 15 is 0 Å². The van der Waals surface area contributed by atoms with Crippen LogP contribution in [0.2, 0.25) is 0 Å². The molecule has 0 saturated heterocycles. The molecule has 4 nitrogen and oxygen atoms in total. The summed E-state index contributed by atoms with van der Waals surface area (Å²) in [5, 5.41) is 12.3. The van der Waals surface area contributed by atoms with Crippen molar-refractivity contribution < 1.29 is 4.79 Å². The van der Waals surface area contributed by atoms with Gasteiger partial charge in [0.25, 0.3) is 0 Å². The van der Waals surface area contributed by atoms with E-state index in [1.807, 2.05) is 25.1 Å². The molecule has 0 fully saturated rings. The number of halogens is 1. The zero-order valence-corrected chi connectivity index (χ0v) is 13.1. The average molecular weight is 344 g/mol. The van der Waals surface area contributed by atoms with E-state index in [0.717, 1.165) is 21.3 Å². The molecule has 0 aliphatic heterocycles. The number of carbonyl (C=O) groups excluding carboxylic acids is 1. The van der Waals surface area contributed by atoms with Crippen molar-refractivity contribution in [2.24, 2.45) is 5.73 Å². The number of aryl methyl sites for hydroxylation is 1. The first-order chi connectivity index (χ1) is 10.0. The smallest absolute Gasteiger partial charge is 0.248 e. The van der Waals surface area contributed by atoms with Gasteiger partial charge in [-0.2, -0.15) is 5.26 Å². The summed E-state index contributed by atoms with van der Waals surface area (Å²) in [5.41, 5.74) is 9.13. The molecule has 0 aromatic heterocycles. The van der Waals surface area contributed by atoms with E-state index in [9.17, 15) is 4.79 Å². The molecule has 2 aromatic rings. The largest absolute Gasteiger partial charge is 0.380 e. The molecule has 0 radical (unpaired) electrons. The Bertz CT molecular complexity index is 735. The van der Waals surface area contributed by atoms with Crippen LogP contribution in [-0.2, 0) is 6.54 Å². The minimum absolute atomic E-state index is 0.434. The van der Waals surface area contributed by atoms with Gasteiger partial charge in [-0.1, -0.05) is 22.0 Å². The highest BCUT2D eigenvalue weighted by atomic mass is 79.9. The second-order valence-electron chi connectivity index (χ2n) is 4.66. The number of nitrogens with zero attached hydrogens (tertiary/aromatic N) is 1. The number of carbonyl (C=O) groups is 1. The van der Waals surface area contributed by atoms with Gasteiger partial charge in [-0.3, -0.25) is 4.79 Å². The zero-order valence-electron chi connectivity index (χ0n) is 11.5. The molecule has 0 spiro atoms. The van der Waals surface area contributed by atoms with Crippen molar-refractivity contribution in [2.45, 2.75) is 13.5 Å². The van der Waals surface area contributed by atoms with Crippen molar-refractivity contribution in [3.8, 4) is 6.07 Å². The molecule has 0 unspecified atom stereocenters. The number of amides is 1. The molecular formula is C16H14BrN3O. The average Bonchev–Trinajstić information content (AvgIpc) is 2.46. The normalized spacial score (nSPS) is 9.95. The Labute approximate surface area is 131 Å². The third-order valence-electron chi connectivity index (χ3n) is 3.20. The minimum Gasteiger partial charge on any atom is -0.380 e. The lowest BCUT2D eigenvalue weighted by Crippen LogP contribution is -2.12. The Morgan fingerprint density at radius 1 is 1.33 bits per heavy atom. The quantitative estimate of drug-likeness (QED) is 0.893. The Morgan fingerprint density at radius 3 is 2.71 bits per heavy atom. The molecule has 0 heterocycles. The van der Waals surface area contributed by atoms with E-state index in [0.29, 0.717) is 17.7 Å². The molecule has 0 saturated carbocycles. The van der Waals surface area contributed by atoms with Gasteiger partial charge in [0, 0.05) is 16.6 Å². The number of nitrogens with two attached hydrogens (primary N) is 1. The van der Waals surface area contributed by atoms with Gasteiger partial charge in [0.05, 0.1) is 11.3 Å². The Kier molecular flexibility index (Phi) is 4.61. The van der Waals surface area contributed by atoms with Crippen LogP contribution in [0.5, 0.6) is 0 Å². The number of benzene rings is 2. The fraction of sp³-hybridized carbons (Fsp3) is 0.125. The predicted molar refractivity (Wildman–Crippen MR) is 85.9 cm³/mol. The Balaban J connectivity index is 2.19. The molecule has 21 heavy (non-hydrogen) atoms. The number of rotatable bonds is 4. The number of primary amides is 1.